The van der Waals surface area contributed by atoms with Crippen LogP contribution in [0.25, 0.3) is 0 Å². The summed E-state index contributed by atoms with van der Waals surface area (Å²) >= 11 is 0. The van der Waals surface area contributed by atoms with E-state index in [0.717, 1.165) is 25.7 Å². The van der Waals surface area contributed by atoms with E-state index in [1.165, 1.54) is 0 Å². The van der Waals surface area contributed by atoms with Gasteiger partial charge in [-0.15, -0.1) is 0 Å². The number of nitrogen functional groups attached to an aromatic ring is 1. The van der Waals surface area contributed by atoms with Crippen molar-refractivity contribution in [2.24, 2.45) is 10.7 Å². The average Bonchev–Trinajstić information content (AvgIpc) is 3.19. The van der Waals surface area contributed by atoms with Crippen LogP contribution in [0.4, 0.5) is 11.6 Å². The Bertz CT molecular complexity index is 722. The normalized spacial score (nSPS) is 29.4. The molecule has 0 bridgehead atoms. The minimum Gasteiger partial charge on any atom is -0.388 e. The molecule has 0 amide bonds. The highest BCUT2D eigenvalue weighted by atomic mass is 16.6. The summed E-state index contributed by atoms with van der Waals surface area (Å²) in [5.74, 6) is -0.338. The lowest BCUT2D eigenvalue weighted by atomic mass is 9.94. The quantitative estimate of drug-likeness (QED) is 0.459. The molecule has 1 aromatic rings. The van der Waals surface area contributed by atoms with E-state index in [-0.39, 0.29) is 29.2 Å². The highest BCUT2D eigenvalue weighted by Crippen LogP contribution is 2.39. The number of unbranched alkanes of at least 4 members (excludes halogenated alkanes) is 3. The monoisotopic (exact) mass is 379 g/mol. The number of hydrogen-bond donors (Lipinski definition) is 4. The smallest absolute Gasteiger partial charge is 0.278 e. The second-order valence-corrected chi connectivity index (χ2v) is 7.07. The Labute approximate surface area is 158 Å². The Morgan fingerprint density at radius 1 is 1.33 bits per heavy atom. The number of anilines is 1. The Morgan fingerprint density at radius 2 is 2.11 bits per heavy atom. The van der Waals surface area contributed by atoms with Crippen molar-refractivity contribution in [2.75, 3.05) is 18.9 Å². The van der Waals surface area contributed by atoms with Crippen LogP contribution in [0.2, 0.25) is 0 Å². The first-order valence-corrected chi connectivity index (χ1v) is 9.65. The summed E-state index contributed by atoms with van der Waals surface area (Å²) in [4.78, 5) is 22.9. The maximum Gasteiger partial charge on any atom is 0.278 e. The van der Waals surface area contributed by atoms with Crippen LogP contribution < -0.4 is 17.0 Å². The second kappa shape index (κ2) is 8.92. The molecule has 0 spiro atoms. The summed E-state index contributed by atoms with van der Waals surface area (Å²) in [6.45, 7) is 3.19. The molecular weight excluding hydrogens is 350 g/mol. The maximum absolute atomic E-state index is 12.0. The second-order valence-electron chi connectivity index (χ2n) is 7.07. The first-order valence-electron chi connectivity index (χ1n) is 9.65. The van der Waals surface area contributed by atoms with Gasteiger partial charge in [0.1, 0.15) is 18.3 Å². The van der Waals surface area contributed by atoms with Gasteiger partial charge in [-0.2, -0.15) is 0 Å². The molecule has 0 radical (unpaired) electrons. The highest BCUT2D eigenvalue weighted by molar-refractivity contribution is 5.80. The van der Waals surface area contributed by atoms with Gasteiger partial charge in [-0.05, 0) is 25.8 Å². The molecule has 9 heteroatoms. The number of rotatable bonds is 9. The SMILES string of the molecule is CC[C@H]1O[C@@H](C2C=Nc3c2nc(N)[nH]c3=O)[C@@H](OCCCCCCN)C1O. The number of ether oxygens (including phenoxy) is 2. The topological polar surface area (TPSA) is 149 Å². The van der Waals surface area contributed by atoms with Crippen LogP contribution in [0, 0.1) is 0 Å². The van der Waals surface area contributed by atoms with Crippen molar-refractivity contribution in [3.63, 3.8) is 0 Å². The molecule has 5 atom stereocenters. The van der Waals surface area contributed by atoms with Crippen molar-refractivity contribution < 1.29 is 14.6 Å². The first kappa shape index (κ1) is 19.9. The number of nitrogens with one attached hydrogen (secondary N) is 1. The van der Waals surface area contributed by atoms with Gasteiger partial charge >= 0.3 is 0 Å². The number of nitrogens with two attached hydrogens (primary N) is 2. The Morgan fingerprint density at radius 3 is 2.85 bits per heavy atom. The van der Waals surface area contributed by atoms with Crippen LogP contribution in [0.5, 0.6) is 0 Å². The fraction of sp³-hybridized carbons (Fsp3) is 0.722. The lowest BCUT2D eigenvalue weighted by Crippen LogP contribution is -2.38. The molecule has 0 aromatic carbocycles. The van der Waals surface area contributed by atoms with E-state index in [2.05, 4.69) is 15.0 Å². The molecule has 1 aromatic heterocycles. The third-order valence-electron chi connectivity index (χ3n) is 5.16. The Hall–Kier alpha value is -1.81. The van der Waals surface area contributed by atoms with Gasteiger partial charge in [-0.1, -0.05) is 19.8 Å². The van der Waals surface area contributed by atoms with E-state index >= 15 is 0 Å². The Kier molecular flexibility index (Phi) is 6.59. The summed E-state index contributed by atoms with van der Waals surface area (Å²) in [5.41, 5.74) is 11.5. The van der Waals surface area contributed by atoms with Crippen LogP contribution >= 0.6 is 0 Å². The molecule has 2 aliphatic heterocycles. The van der Waals surface area contributed by atoms with E-state index in [9.17, 15) is 9.90 Å². The van der Waals surface area contributed by atoms with Gasteiger partial charge in [0.15, 0.2) is 5.69 Å². The minimum absolute atomic E-state index is 0.0391. The van der Waals surface area contributed by atoms with E-state index in [0.29, 0.717) is 25.3 Å². The zero-order valence-corrected chi connectivity index (χ0v) is 15.6. The van der Waals surface area contributed by atoms with Crippen LogP contribution in [-0.2, 0) is 9.47 Å². The molecule has 9 nitrogen and oxygen atoms in total. The standard InChI is InChI=1S/C18H29N5O4/c1-2-11-14(24)16(26-8-6-4-3-5-7-19)15(27-11)10-9-21-13-12(10)22-18(20)23-17(13)25/h9-11,14-16,24H,2-8,19H2,1H3,(H3,20,22,23,25)/t10?,11-,14?,15+,16+/m1/s1. The zero-order chi connectivity index (χ0) is 19.4. The van der Waals surface area contributed by atoms with Crippen molar-refractivity contribution in [1.82, 2.24) is 9.97 Å². The number of fused-ring (bicyclic) bond motifs is 1. The zero-order valence-electron chi connectivity index (χ0n) is 15.6. The van der Waals surface area contributed by atoms with Crippen molar-refractivity contribution in [2.45, 2.75) is 69.4 Å². The van der Waals surface area contributed by atoms with Gasteiger partial charge < -0.3 is 26.0 Å². The largest absolute Gasteiger partial charge is 0.388 e. The molecular formula is C18H29N5O4. The predicted molar refractivity (Wildman–Crippen MR) is 102 cm³/mol. The van der Waals surface area contributed by atoms with Gasteiger partial charge in [-0.25, -0.2) is 4.98 Å². The molecule has 2 unspecified atom stereocenters. The van der Waals surface area contributed by atoms with Crippen LogP contribution in [0.3, 0.4) is 0 Å². The molecule has 27 heavy (non-hydrogen) atoms. The molecule has 0 saturated carbocycles. The number of H-pyrrole nitrogens is 1. The molecule has 6 N–H and O–H groups in total. The highest BCUT2D eigenvalue weighted by Gasteiger charge is 2.49. The van der Waals surface area contributed by atoms with Crippen LogP contribution in [0.1, 0.15) is 50.6 Å². The summed E-state index contributed by atoms with van der Waals surface area (Å²) in [6.07, 6.45) is 4.27. The molecule has 0 aliphatic carbocycles. The van der Waals surface area contributed by atoms with Gasteiger partial charge in [-0.3, -0.25) is 14.8 Å². The number of nitrogens with zero attached hydrogens (tertiary/aromatic N) is 2. The molecule has 3 rings (SSSR count). The minimum atomic E-state index is -0.735. The van der Waals surface area contributed by atoms with Gasteiger partial charge in [0.25, 0.3) is 5.56 Å². The summed E-state index contributed by atoms with van der Waals surface area (Å²) in [5, 5.41) is 10.7. The van der Waals surface area contributed by atoms with E-state index in [4.69, 9.17) is 20.9 Å². The lowest BCUT2D eigenvalue weighted by Gasteiger charge is -2.24. The fourth-order valence-corrected chi connectivity index (χ4v) is 3.73. The molecule has 2 aliphatic rings. The number of aliphatic hydroxyl groups excluding tert-OH is 1. The van der Waals surface area contributed by atoms with Crippen molar-refractivity contribution >= 4 is 17.9 Å². The summed E-state index contributed by atoms with van der Waals surface area (Å²) in [6, 6.07) is 0. The number of aromatic nitrogens is 2. The van der Waals surface area contributed by atoms with Crippen LogP contribution in [-0.4, -0.2) is 58.9 Å². The number of aliphatic hydroxyl groups is 1. The summed E-state index contributed by atoms with van der Waals surface area (Å²) in [7, 11) is 0. The van der Waals surface area contributed by atoms with Gasteiger partial charge in [0.05, 0.1) is 17.7 Å². The van der Waals surface area contributed by atoms with Gasteiger partial charge in [0.2, 0.25) is 5.95 Å². The third-order valence-corrected chi connectivity index (χ3v) is 5.16. The number of hydrogen-bond acceptors (Lipinski definition) is 8. The van der Waals surface area contributed by atoms with Crippen molar-refractivity contribution in [3.05, 3.63) is 16.0 Å². The fourth-order valence-electron chi connectivity index (χ4n) is 3.73. The molecule has 3 heterocycles. The van der Waals surface area contributed by atoms with E-state index in [1.54, 1.807) is 6.21 Å². The number of aliphatic imine (C=N–C) groups is 1. The van der Waals surface area contributed by atoms with Crippen molar-refractivity contribution in [1.29, 1.82) is 0 Å². The average molecular weight is 379 g/mol. The maximum atomic E-state index is 12.0. The van der Waals surface area contributed by atoms with E-state index in [1.807, 2.05) is 6.92 Å². The Balaban J connectivity index is 1.72. The molecule has 1 fully saturated rings. The lowest BCUT2D eigenvalue weighted by molar-refractivity contribution is -0.0405. The number of aromatic amines is 1. The van der Waals surface area contributed by atoms with Gasteiger partial charge in [0, 0.05) is 12.8 Å². The van der Waals surface area contributed by atoms with Crippen LogP contribution in [0.15, 0.2) is 9.79 Å². The van der Waals surface area contributed by atoms with E-state index < -0.39 is 18.3 Å². The molecule has 150 valence electrons. The predicted octanol–water partition coefficient (Wildman–Crippen LogP) is 0.594. The summed E-state index contributed by atoms with van der Waals surface area (Å²) < 4.78 is 12.1. The first-order chi connectivity index (χ1) is 13.1. The molecule has 1 saturated heterocycles. The van der Waals surface area contributed by atoms with Crippen molar-refractivity contribution in [3.8, 4) is 0 Å². The third kappa shape index (κ3) is 4.21.